The van der Waals surface area contributed by atoms with Gasteiger partial charge in [0.15, 0.2) is 5.78 Å². The average molecular weight is 469 g/mol. The molecule has 0 amide bonds. The second kappa shape index (κ2) is 10.1. The molecule has 0 radical (unpaired) electrons. The van der Waals surface area contributed by atoms with E-state index in [0.717, 1.165) is 32.4 Å². The van der Waals surface area contributed by atoms with Crippen LogP contribution in [0.4, 0.5) is 26.1 Å². The summed E-state index contributed by atoms with van der Waals surface area (Å²) in [5.41, 5.74) is 2.39. The van der Waals surface area contributed by atoms with Crippen LogP contribution < -0.4 is 10.2 Å². The van der Waals surface area contributed by atoms with Crippen LogP contribution in [0.1, 0.15) is 24.8 Å². The van der Waals surface area contributed by atoms with E-state index in [-0.39, 0.29) is 29.0 Å². The van der Waals surface area contributed by atoms with Crippen LogP contribution in [0.3, 0.4) is 0 Å². The molecule has 4 rings (SSSR count). The van der Waals surface area contributed by atoms with Crippen LogP contribution >= 0.6 is 11.6 Å². The molecule has 5 nitrogen and oxygen atoms in total. The van der Waals surface area contributed by atoms with Crippen LogP contribution in [0.2, 0.25) is 5.02 Å². The number of hydrogen-bond donors (Lipinski definition) is 1. The van der Waals surface area contributed by atoms with Gasteiger partial charge in [0.1, 0.15) is 11.6 Å². The lowest BCUT2D eigenvalue weighted by Gasteiger charge is -2.29. The Balaban J connectivity index is 1.62. The van der Waals surface area contributed by atoms with Crippen molar-refractivity contribution in [1.29, 1.82) is 0 Å². The van der Waals surface area contributed by atoms with Crippen molar-refractivity contribution in [1.82, 2.24) is 9.97 Å². The van der Waals surface area contributed by atoms with E-state index in [2.05, 4.69) is 21.9 Å². The number of ketones is 1. The molecule has 2 heterocycles. The van der Waals surface area contributed by atoms with E-state index in [1.54, 1.807) is 18.2 Å². The van der Waals surface area contributed by atoms with Gasteiger partial charge < -0.3 is 10.2 Å². The zero-order chi connectivity index (χ0) is 23.4. The summed E-state index contributed by atoms with van der Waals surface area (Å²) < 4.78 is 28.7. The fourth-order valence-corrected chi connectivity index (χ4v) is 4.09. The van der Waals surface area contributed by atoms with Crippen LogP contribution in [0, 0.1) is 11.6 Å². The van der Waals surface area contributed by atoms with Crippen LogP contribution in [0.15, 0.2) is 55.3 Å². The largest absolute Gasteiger partial charge is 0.369 e. The SMILES string of the molecule is C=CC(=O)Cc1cc(F)cc(-c2nc(Nc3ccc(F)c(N4CCCCC4)c3)ncc2Cl)c1. The van der Waals surface area contributed by atoms with Crippen molar-refractivity contribution in [3.63, 3.8) is 0 Å². The number of benzene rings is 2. The van der Waals surface area contributed by atoms with E-state index in [4.69, 9.17) is 11.6 Å². The van der Waals surface area contributed by atoms with Gasteiger partial charge in [-0.3, -0.25) is 4.79 Å². The standard InChI is InChI=1S/C25H23ClF2N4O/c1-2-20(33)12-16-10-17(13-18(27)11-16)24-21(26)15-29-25(31-24)30-19-6-7-22(28)23(14-19)32-8-4-3-5-9-32/h2,6-7,10-11,13-15H,1,3-5,8-9,12H2,(H,29,30,31). The number of aromatic nitrogens is 2. The van der Waals surface area contributed by atoms with Gasteiger partial charge in [0, 0.05) is 30.8 Å². The van der Waals surface area contributed by atoms with Gasteiger partial charge in [-0.25, -0.2) is 18.7 Å². The number of halogens is 3. The Kier molecular flexibility index (Phi) is 6.99. The monoisotopic (exact) mass is 468 g/mol. The van der Waals surface area contributed by atoms with Gasteiger partial charge in [-0.05, 0) is 67.3 Å². The molecule has 1 saturated heterocycles. The van der Waals surface area contributed by atoms with Gasteiger partial charge in [0.25, 0.3) is 0 Å². The zero-order valence-electron chi connectivity index (χ0n) is 18.0. The number of carbonyl (C=O) groups is 1. The number of nitrogens with zero attached hydrogens (tertiary/aromatic N) is 3. The first kappa shape index (κ1) is 22.9. The molecule has 0 unspecified atom stereocenters. The number of anilines is 3. The van der Waals surface area contributed by atoms with E-state index in [9.17, 15) is 13.6 Å². The lowest BCUT2D eigenvalue weighted by Crippen LogP contribution is -2.30. The van der Waals surface area contributed by atoms with Gasteiger partial charge in [-0.15, -0.1) is 0 Å². The minimum absolute atomic E-state index is 0.0247. The zero-order valence-corrected chi connectivity index (χ0v) is 18.7. The molecule has 1 aromatic heterocycles. The number of piperidine rings is 1. The molecule has 0 aliphatic carbocycles. The molecule has 3 aromatic rings. The lowest BCUT2D eigenvalue weighted by molar-refractivity contribution is -0.114. The minimum atomic E-state index is -0.506. The van der Waals surface area contributed by atoms with Crippen molar-refractivity contribution >= 4 is 34.7 Å². The highest BCUT2D eigenvalue weighted by molar-refractivity contribution is 6.32. The highest BCUT2D eigenvalue weighted by Crippen LogP contribution is 2.31. The number of carbonyl (C=O) groups excluding carboxylic acids is 1. The van der Waals surface area contributed by atoms with Crippen molar-refractivity contribution in [2.24, 2.45) is 0 Å². The number of allylic oxidation sites excluding steroid dienone is 1. The van der Waals surface area contributed by atoms with Crippen molar-refractivity contribution in [3.05, 3.63) is 77.5 Å². The van der Waals surface area contributed by atoms with E-state index >= 15 is 0 Å². The second-order valence-corrected chi connectivity index (χ2v) is 8.33. The first-order valence-corrected chi connectivity index (χ1v) is 11.1. The summed E-state index contributed by atoms with van der Waals surface area (Å²) in [4.78, 5) is 22.4. The molecule has 170 valence electrons. The third kappa shape index (κ3) is 5.54. The molecule has 8 heteroatoms. The normalized spacial score (nSPS) is 13.6. The number of hydrogen-bond acceptors (Lipinski definition) is 5. The molecule has 1 aliphatic rings. The first-order chi connectivity index (χ1) is 15.9. The Morgan fingerprint density at radius 1 is 1.15 bits per heavy atom. The van der Waals surface area contributed by atoms with E-state index in [1.165, 1.54) is 30.5 Å². The molecule has 2 aromatic carbocycles. The van der Waals surface area contributed by atoms with Crippen LogP contribution in [0.25, 0.3) is 11.3 Å². The first-order valence-electron chi connectivity index (χ1n) is 10.7. The van der Waals surface area contributed by atoms with Gasteiger partial charge in [0.2, 0.25) is 5.95 Å². The summed E-state index contributed by atoms with van der Waals surface area (Å²) >= 11 is 6.30. The van der Waals surface area contributed by atoms with Crippen LogP contribution in [0.5, 0.6) is 0 Å². The third-order valence-corrected chi connectivity index (χ3v) is 5.76. The molecule has 1 N–H and O–H groups in total. The molecule has 0 bridgehead atoms. The van der Waals surface area contributed by atoms with E-state index in [1.807, 2.05) is 4.90 Å². The van der Waals surface area contributed by atoms with Crippen molar-refractivity contribution in [2.75, 3.05) is 23.3 Å². The topological polar surface area (TPSA) is 58.1 Å². The summed E-state index contributed by atoms with van der Waals surface area (Å²) in [6.07, 6.45) is 5.87. The Hall–Kier alpha value is -3.32. The van der Waals surface area contributed by atoms with Crippen molar-refractivity contribution in [3.8, 4) is 11.3 Å². The second-order valence-electron chi connectivity index (χ2n) is 7.92. The predicted octanol–water partition coefficient (Wildman–Crippen LogP) is 6.11. The molecule has 0 saturated carbocycles. The Labute approximate surface area is 196 Å². The third-order valence-electron chi connectivity index (χ3n) is 5.48. The maximum atomic E-state index is 14.4. The quantitative estimate of drug-likeness (QED) is 0.424. The van der Waals surface area contributed by atoms with Crippen LogP contribution in [-0.2, 0) is 11.2 Å². The minimum Gasteiger partial charge on any atom is -0.369 e. The number of nitrogens with one attached hydrogen (secondary N) is 1. The Morgan fingerprint density at radius 2 is 1.94 bits per heavy atom. The molecular weight excluding hydrogens is 446 g/mol. The molecule has 1 aliphatic heterocycles. The highest BCUT2D eigenvalue weighted by atomic mass is 35.5. The van der Waals surface area contributed by atoms with Gasteiger partial charge >= 0.3 is 0 Å². The van der Waals surface area contributed by atoms with Crippen molar-refractivity contribution < 1.29 is 13.6 Å². The fourth-order valence-electron chi connectivity index (χ4n) is 3.89. The molecule has 0 spiro atoms. The number of rotatable bonds is 7. The van der Waals surface area contributed by atoms with Crippen molar-refractivity contribution in [2.45, 2.75) is 25.7 Å². The van der Waals surface area contributed by atoms with Gasteiger partial charge in [-0.1, -0.05) is 18.2 Å². The summed E-state index contributed by atoms with van der Waals surface area (Å²) in [6, 6.07) is 9.01. The van der Waals surface area contributed by atoms with E-state index < -0.39 is 5.82 Å². The molecule has 33 heavy (non-hydrogen) atoms. The molecule has 0 atom stereocenters. The summed E-state index contributed by atoms with van der Waals surface area (Å²) in [5, 5.41) is 3.32. The Bertz CT molecular complexity index is 1200. The molecular formula is C25H23ClF2N4O. The van der Waals surface area contributed by atoms with Crippen LogP contribution in [-0.4, -0.2) is 28.8 Å². The summed E-state index contributed by atoms with van der Waals surface area (Å²) in [7, 11) is 0. The molecule has 1 fully saturated rings. The average Bonchev–Trinajstić information content (AvgIpc) is 2.81. The maximum absolute atomic E-state index is 14.4. The smallest absolute Gasteiger partial charge is 0.227 e. The summed E-state index contributed by atoms with van der Waals surface area (Å²) in [6.45, 7) is 5.08. The summed E-state index contributed by atoms with van der Waals surface area (Å²) in [5.74, 6) is -0.767. The fraction of sp³-hybridized carbons (Fsp3) is 0.240. The van der Waals surface area contributed by atoms with Gasteiger partial charge in [0.05, 0.1) is 22.6 Å². The predicted molar refractivity (Wildman–Crippen MR) is 127 cm³/mol. The van der Waals surface area contributed by atoms with E-state index in [0.29, 0.717) is 28.2 Å². The van der Waals surface area contributed by atoms with Gasteiger partial charge in [-0.2, -0.15) is 0 Å². The Morgan fingerprint density at radius 3 is 2.70 bits per heavy atom. The highest BCUT2D eigenvalue weighted by Gasteiger charge is 2.16. The maximum Gasteiger partial charge on any atom is 0.227 e. The lowest BCUT2D eigenvalue weighted by atomic mass is 10.0.